The van der Waals surface area contributed by atoms with Crippen LogP contribution in [0, 0.1) is 13.8 Å². The molecule has 1 heterocycles. The summed E-state index contributed by atoms with van der Waals surface area (Å²) in [7, 11) is 0. The number of rotatable bonds is 11. The van der Waals surface area contributed by atoms with E-state index in [1.807, 2.05) is 0 Å². The molecule has 5 aromatic carbocycles. The summed E-state index contributed by atoms with van der Waals surface area (Å²) in [5.41, 5.74) is 9.49. The second kappa shape index (κ2) is 13.5. The van der Waals surface area contributed by atoms with E-state index in [1.165, 1.54) is 60.7 Å². The topological polar surface area (TPSA) is 24.9 Å². The number of ether oxygens (including phenoxy) is 2. The Balaban J connectivity index is 1.06. The van der Waals surface area contributed by atoms with E-state index in [0.717, 1.165) is 31.9 Å². The normalized spacial score (nSPS) is 13.6. The maximum Gasteiger partial charge on any atom is 0.119 e. The number of aryl methyl sites for hydroxylation is 2. The molecule has 4 heteroatoms. The van der Waals surface area contributed by atoms with Gasteiger partial charge in [-0.3, -0.25) is 0 Å². The molecular weight excluding hydrogens is 552 g/mol. The fraction of sp³-hybridized carbons (Fsp3) is 0.366. The largest absolute Gasteiger partial charge is 0.493 e. The molecule has 1 saturated heterocycles. The molecule has 0 saturated carbocycles. The highest BCUT2D eigenvalue weighted by atomic mass is 16.5. The summed E-state index contributed by atoms with van der Waals surface area (Å²) in [5, 5.41) is 5.05. The van der Waals surface area contributed by atoms with Crippen molar-refractivity contribution >= 4 is 32.9 Å². The minimum absolute atomic E-state index is 0.496. The molecule has 1 fully saturated rings. The number of para-hydroxylation sites is 1. The Labute approximate surface area is 269 Å². The Morgan fingerprint density at radius 1 is 0.644 bits per heavy atom. The first-order valence-corrected chi connectivity index (χ1v) is 16.7. The first-order chi connectivity index (χ1) is 21.8. The average Bonchev–Trinajstić information content (AvgIpc) is 3.50. The molecule has 5 aromatic rings. The summed E-state index contributed by atoms with van der Waals surface area (Å²) in [4.78, 5) is 5.13. The van der Waals surface area contributed by atoms with Gasteiger partial charge >= 0.3 is 0 Å². The number of anilines is 2. The van der Waals surface area contributed by atoms with Crippen molar-refractivity contribution < 1.29 is 9.47 Å². The fourth-order valence-corrected chi connectivity index (χ4v) is 7.12. The van der Waals surface area contributed by atoms with Gasteiger partial charge in [-0.05, 0) is 93.2 Å². The summed E-state index contributed by atoms with van der Waals surface area (Å²) < 4.78 is 12.5. The number of fused-ring (bicyclic) bond motifs is 2. The maximum absolute atomic E-state index is 6.24. The lowest BCUT2D eigenvalue weighted by Crippen LogP contribution is -2.28. The molecule has 1 aliphatic heterocycles. The zero-order valence-corrected chi connectivity index (χ0v) is 27.9. The third-order valence-corrected chi connectivity index (χ3v) is 9.25. The third-order valence-electron chi connectivity index (χ3n) is 9.25. The number of nitrogens with zero attached hydrogens (tertiary/aromatic N) is 2. The van der Waals surface area contributed by atoms with E-state index >= 15 is 0 Å². The Morgan fingerprint density at radius 3 is 1.78 bits per heavy atom. The van der Waals surface area contributed by atoms with Gasteiger partial charge in [0, 0.05) is 30.9 Å². The minimum atomic E-state index is 0.496. The lowest BCUT2D eigenvalue weighted by atomic mass is 9.92. The van der Waals surface area contributed by atoms with E-state index in [4.69, 9.17) is 9.47 Å². The van der Waals surface area contributed by atoms with Crippen LogP contribution in [-0.4, -0.2) is 33.0 Å². The molecule has 1 aliphatic rings. The standard InChI is InChI=1S/C41H48N2O2/c1-28(2)35-17-11-18-36(29(3)4)41(35)43-20-19-42(27-43)40-30(5)23-34(24-31(40)6)45-22-12-21-44-26-39-37-15-9-7-13-32(37)25-33-14-8-10-16-38(33)39/h7-11,13-18,23-25,28-29H,12,19-22,26-27H2,1-6H3. The summed E-state index contributed by atoms with van der Waals surface area (Å²) in [6.45, 7) is 18.5. The fourth-order valence-electron chi connectivity index (χ4n) is 7.12. The van der Waals surface area contributed by atoms with Crippen LogP contribution in [-0.2, 0) is 11.3 Å². The monoisotopic (exact) mass is 600 g/mol. The molecule has 4 nitrogen and oxygen atoms in total. The lowest BCUT2D eigenvalue weighted by molar-refractivity contribution is 0.108. The van der Waals surface area contributed by atoms with Crippen molar-refractivity contribution in [2.45, 2.75) is 66.4 Å². The van der Waals surface area contributed by atoms with Crippen molar-refractivity contribution in [1.29, 1.82) is 0 Å². The highest BCUT2D eigenvalue weighted by Crippen LogP contribution is 2.38. The van der Waals surface area contributed by atoms with E-state index in [2.05, 4.69) is 136 Å². The second-order valence-electron chi connectivity index (χ2n) is 13.2. The molecule has 0 bridgehead atoms. The van der Waals surface area contributed by atoms with Crippen LogP contribution >= 0.6 is 0 Å². The number of benzene rings is 5. The average molecular weight is 601 g/mol. The van der Waals surface area contributed by atoms with Gasteiger partial charge in [-0.1, -0.05) is 94.4 Å². The van der Waals surface area contributed by atoms with Crippen LogP contribution in [0.5, 0.6) is 5.75 Å². The van der Waals surface area contributed by atoms with Crippen molar-refractivity contribution in [3.63, 3.8) is 0 Å². The van der Waals surface area contributed by atoms with Gasteiger partial charge < -0.3 is 19.3 Å². The maximum atomic E-state index is 6.24. The predicted molar refractivity (Wildman–Crippen MR) is 191 cm³/mol. The Kier molecular flexibility index (Phi) is 9.32. The molecule has 0 N–H and O–H groups in total. The van der Waals surface area contributed by atoms with Crippen molar-refractivity contribution in [3.05, 3.63) is 113 Å². The highest BCUT2D eigenvalue weighted by Gasteiger charge is 2.27. The van der Waals surface area contributed by atoms with Gasteiger partial charge in [-0.2, -0.15) is 0 Å². The Bertz CT molecular complexity index is 1690. The second-order valence-corrected chi connectivity index (χ2v) is 13.2. The van der Waals surface area contributed by atoms with Crippen molar-refractivity contribution in [3.8, 4) is 5.75 Å². The molecule has 6 rings (SSSR count). The number of hydrogen-bond acceptors (Lipinski definition) is 4. The van der Waals surface area contributed by atoms with Crippen LogP contribution in [0.4, 0.5) is 11.4 Å². The summed E-state index contributed by atoms with van der Waals surface area (Å²) in [5.74, 6) is 1.93. The summed E-state index contributed by atoms with van der Waals surface area (Å²) in [6, 6.07) is 30.7. The molecular formula is C41H48N2O2. The van der Waals surface area contributed by atoms with Gasteiger partial charge in [-0.15, -0.1) is 0 Å². The van der Waals surface area contributed by atoms with Gasteiger partial charge in [0.1, 0.15) is 5.75 Å². The minimum Gasteiger partial charge on any atom is -0.493 e. The highest BCUT2D eigenvalue weighted by molar-refractivity contribution is 6.02. The van der Waals surface area contributed by atoms with E-state index in [0.29, 0.717) is 31.7 Å². The smallest absolute Gasteiger partial charge is 0.119 e. The van der Waals surface area contributed by atoms with E-state index < -0.39 is 0 Å². The van der Waals surface area contributed by atoms with Crippen LogP contribution in [0.3, 0.4) is 0 Å². The first kappa shape index (κ1) is 31.0. The van der Waals surface area contributed by atoms with Gasteiger partial charge in [0.15, 0.2) is 0 Å². The van der Waals surface area contributed by atoms with Crippen LogP contribution in [0.25, 0.3) is 21.5 Å². The molecule has 0 spiro atoms. The van der Waals surface area contributed by atoms with Gasteiger partial charge in [0.25, 0.3) is 0 Å². The Morgan fingerprint density at radius 2 is 1.20 bits per heavy atom. The third kappa shape index (κ3) is 6.53. The van der Waals surface area contributed by atoms with Crippen LogP contribution in [0.2, 0.25) is 0 Å². The van der Waals surface area contributed by atoms with Crippen LogP contribution < -0.4 is 14.5 Å². The van der Waals surface area contributed by atoms with Gasteiger partial charge in [0.2, 0.25) is 0 Å². The Hall–Kier alpha value is -4.02. The molecule has 0 radical (unpaired) electrons. The molecule has 0 aromatic heterocycles. The van der Waals surface area contributed by atoms with E-state index in [1.54, 1.807) is 0 Å². The van der Waals surface area contributed by atoms with Gasteiger partial charge in [-0.25, -0.2) is 0 Å². The zero-order valence-electron chi connectivity index (χ0n) is 27.9. The van der Waals surface area contributed by atoms with Crippen molar-refractivity contribution in [2.75, 3.05) is 42.8 Å². The van der Waals surface area contributed by atoms with E-state index in [-0.39, 0.29) is 0 Å². The van der Waals surface area contributed by atoms with Crippen LogP contribution in [0.1, 0.15) is 73.8 Å². The number of hydrogen-bond donors (Lipinski definition) is 0. The molecule has 0 unspecified atom stereocenters. The first-order valence-electron chi connectivity index (χ1n) is 16.7. The summed E-state index contributed by atoms with van der Waals surface area (Å²) in [6.07, 6.45) is 0.844. The zero-order chi connectivity index (χ0) is 31.5. The van der Waals surface area contributed by atoms with Crippen molar-refractivity contribution in [1.82, 2.24) is 0 Å². The predicted octanol–water partition coefficient (Wildman–Crippen LogP) is 10.1. The molecule has 234 valence electrons. The van der Waals surface area contributed by atoms with Crippen molar-refractivity contribution in [2.24, 2.45) is 0 Å². The molecule has 0 aliphatic carbocycles. The molecule has 0 amide bonds. The molecule has 45 heavy (non-hydrogen) atoms. The van der Waals surface area contributed by atoms with Crippen LogP contribution in [0.15, 0.2) is 84.9 Å². The van der Waals surface area contributed by atoms with E-state index in [9.17, 15) is 0 Å². The summed E-state index contributed by atoms with van der Waals surface area (Å²) >= 11 is 0. The SMILES string of the molecule is Cc1cc(OCCCOCc2c3ccccc3cc3ccccc23)cc(C)c1N1CCN(c2c(C(C)C)cccc2C(C)C)C1. The molecule has 0 atom stereocenters. The quantitative estimate of drug-likeness (QED) is 0.111. The van der Waals surface area contributed by atoms with Gasteiger partial charge in [0.05, 0.1) is 26.5 Å². The lowest BCUT2D eigenvalue weighted by Gasteiger charge is -2.29.